The fourth-order valence-electron chi connectivity index (χ4n) is 3.36. The molecule has 0 aliphatic carbocycles. The average molecular weight is 362 g/mol. The van der Waals surface area contributed by atoms with Crippen LogP contribution in [0.4, 0.5) is 0 Å². The molecule has 2 fully saturated rings. The van der Waals surface area contributed by atoms with Crippen LogP contribution in [0, 0.1) is 0 Å². The lowest BCUT2D eigenvalue weighted by Gasteiger charge is -2.33. The van der Waals surface area contributed by atoms with Crippen molar-refractivity contribution in [3.8, 4) is 0 Å². The molecule has 3 heterocycles. The molecule has 0 aromatic carbocycles. The van der Waals surface area contributed by atoms with E-state index in [1.165, 1.54) is 6.26 Å². The van der Waals surface area contributed by atoms with Crippen molar-refractivity contribution in [2.75, 3.05) is 52.4 Å². The molecular weight excluding hydrogens is 336 g/mol. The Balaban J connectivity index is 1.29. The van der Waals surface area contributed by atoms with Gasteiger partial charge in [0.1, 0.15) is 0 Å². The Hall–Kier alpha value is -2.35. The highest BCUT2D eigenvalue weighted by atomic mass is 16.3. The second kappa shape index (κ2) is 8.84. The fourth-order valence-corrected chi connectivity index (χ4v) is 3.36. The first kappa shape index (κ1) is 18.4. The van der Waals surface area contributed by atoms with Gasteiger partial charge < -0.3 is 19.5 Å². The number of nitrogens with zero attached hydrogens (tertiary/aromatic N) is 3. The number of piperazine rings is 1. The van der Waals surface area contributed by atoms with E-state index in [-0.39, 0.29) is 17.7 Å². The lowest BCUT2D eigenvalue weighted by Crippen LogP contribution is -2.51. The van der Waals surface area contributed by atoms with Crippen LogP contribution in [-0.4, -0.2) is 84.8 Å². The summed E-state index contributed by atoms with van der Waals surface area (Å²) >= 11 is 0. The maximum atomic E-state index is 12.2. The fraction of sp³-hybridized carbons (Fsp3) is 0.611. The third-order valence-corrected chi connectivity index (χ3v) is 4.86. The van der Waals surface area contributed by atoms with Gasteiger partial charge in [-0.25, -0.2) is 0 Å². The normalized spacial score (nSPS) is 18.4. The second-order valence-corrected chi connectivity index (χ2v) is 6.73. The molecule has 3 rings (SSSR count). The standard InChI is InChI=1S/C18H26N4O4/c23-16(19-6-3-8-21-7-1-5-17(21)24)14-20-9-11-22(12-10-20)18(25)15-4-2-13-26-15/h2,4,13H,1,3,5-12,14H2,(H,19,23). The maximum absolute atomic E-state index is 12.2. The highest BCUT2D eigenvalue weighted by Crippen LogP contribution is 2.10. The quantitative estimate of drug-likeness (QED) is 0.699. The van der Waals surface area contributed by atoms with Crippen molar-refractivity contribution in [2.45, 2.75) is 19.3 Å². The van der Waals surface area contributed by atoms with E-state index in [2.05, 4.69) is 5.32 Å². The van der Waals surface area contributed by atoms with E-state index in [1.807, 2.05) is 9.80 Å². The van der Waals surface area contributed by atoms with Crippen LogP contribution < -0.4 is 5.32 Å². The van der Waals surface area contributed by atoms with Crippen molar-refractivity contribution < 1.29 is 18.8 Å². The first-order valence-corrected chi connectivity index (χ1v) is 9.23. The molecule has 8 heteroatoms. The van der Waals surface area contributed by atoms with Gasteiger partial charge in [0.25, 0.3) is 5.91 Å². The Morgan fingerprint density at radius 2 is 1.96 bits per heavy atom. The Kier molecular flexibility index (Phi) is 6.27. The van der Waals surface area contributed by atoms with E-state index in [0.29, 0.717) is 58.0 Å². The number of likely N-dealkylation sites (tertiary alicyclic amines) is 1. The van der Waals surface area contributed by atoms with Crippen molar-refractivity contribution in [2.24, 2.45) is 0 Å². The summed E-state index contributed by atoms with van der Waals surface area (Å²) in [7, 11) is 0. The van der Waals surface area contributed by atoms with Crippen LogP contribution in [-0.2, 0) is 9.59 Å². The first-order valence-electron chi connectivity index (χ1n) is 9.23. The predicted octanol–water partition coefficient (Wildman–Crippen LogP) is 0.166. The molecule has 2 aliphatic rings. The second-order valence-electron chi connectivity index (χ2n) is 6.73. The summed E-state index contributed by atoms with van der Waals surface area (Å²) < 4.78 is 5.14. The summed E-state index contributed by atoms with van der Waals surface area (Å²) in [6.45, 7) is 4.99. The number of hydrogen-bond acceptors (Lipinski definition) is 5. The number of carbonyl (C=O) groups excluding carboxylic acids is 3. The molecule has 26 heavy (non-hydrogen) atoms. The molecule has 1 aromatic heterocycles. The summed E-state index contributed by atoms with van der Waals surface area (Å²) in [4.78, 5) is 41.4. The van der Waals surface area contributed by atoms with Crippen molar-refractivity contribution in [3.05, 3.63) is 24.2 Å². The highest BCUT2D eigenvalue weighted by molar-refractivity contribution is 5.91. The number of nitrogens with one attached hydrogen (secondary N) is 1. The zero-order valence-corrected chi connectivity index (χ0v) is 15.0. The summed E-state index contributed by atoms with van der Waals surface area (Å²) in [5, 5.41) is 2.91. The smallest absolute Gasteiger partial charge is 0.289 e. The zero-order chi connectivity index (χ0) is 18.4. The monoisotopic (exact) mass is 362 g/mol. The summed E-state index contributed by atoms with van der Waals surface area (Å²) in [5.74, 6) is 0.463. The van der Waals surface area contributed by atoms with Gasteiger partial charge in [0.15, 0.2) is 5.76 Å². The van der Waals surface area contributed by atoms with Gasteiger partial charge in [-0.1, -0.05) is 0 Å². The Labute approximate surface area is 153 Å². The molecule has 0 spiro atoms. The predicted molar refractivity (Wildman–Crippen MR) is 94.5 cm³/mol. The number of furan rings is 1. The Bertz CT molecular complexity index is 623. The van der Waals surface area contributed by atoms with Gasteiger partial charge in [0, 0.05) is 52.2 Å². The maximum Gasteiger partial charge on any atom is 0.289 e. The molecule has 142 valence electrons. The van der Waals surface area contributed by atoms with E-state index < -0.39 is 0 Å². The molecule has 0 bridgehead atoms. The Morgan fingerprint density at radius 1 is 1.15 bits per heavy atom. The third-order valence-electron chi connectivity index (χ3n) is 4.86. The number of amides is 3. The summed E-state index contributed by atoms with van der Waals surface area (Å²) in [6.07, 6.45) is 3.87. The topological polar surface area (TPSA) is 86.1 Å². The SMILES string of the molecule is O=C(CN1CCN(C(=O)c2ccco2)CC1)NCCCN1CCCC1=O. The minimum atomic E-state index is -0.101. The van der Waals surface area contributed by atoms with Crippen LogP contribution in [0.5, 0.6) is 0 Å². The van der Waals surface area contributed by atoms with Crippen molar-refractivity contribution in [1.29, 1.82) is 0 Å². The molecule has 1 aromatic rings. The van der Waals surface area contributed by atoms with Gasteiger partial charge in [-0.15, -0.1) is 0 Å². The molecule has 8 nitrogen and oxygen atoms in total. The number of rotatable bonds is 7. The average Bonchev–Trinajstić information content (AvgIpc) is 3.31. The molecule has 2 aliphatic heterocycles. The summed E-state index contributed by atoms with van der Waals surface area (Å²) in [5.41, 5.74) is 0. The minimum Gasteiger partial charge on any atom is -0.459 e. The molecule has 3 amide bonds. The van der Waals surface area contributed by atoms with Gasteiger partial charge >= 0.3 is 0 Å². The van der Waals surface area contributed by atoms with Gasteiger partial charge in [-0.05, 0) is 25.0 Å². The van der Waals surface area contributed by atoms with E-state index >= 15 is 0 Å². The van der Waals surface area contributed by atoms with E-state index in [4.69, 9.17) is 4.42 Å². The molecule has 2 saturated heterocycles. The number of hydrogen-bond donors (Lipinski definition) is 1. The first-order chi connectivity index (χ1) is 12.6. The van der Waals surface area contributed by atoms with Crippen LogP contribution >= 0.6 is 0 Å². The van der Waals surface area contributed by atoms with Crippen LogP contribution in [0.1, 0.15) is 29.8 Å². The lowest BCUT2D eigenvalue weighted by molar-refractivity contribution is -0.127. The van der Waals surface area contributed by atoms with Gasteiger partial charge in [0.2, 0.25) is 11.8 Å². The van der Waals surface area contributed by atoms with Crippen molar-refractivity contribution >= 4 is 17.7 Å². The van der Waals surface area contributed by atoms with Gasteiger partial charge in [-0.2, -0.15) is 0 Å². The third kappa shape index (κ3) is 4.85. The van der Waals surface area contributed by atoms with E-state index in [1.54, 1.807) is 17.0 Å². The Morgan fingerprint density at radius 3 is 2.62 bits per heavy atom. The van der Waals surface area contributed by atoms with Crippen molar-refractivity contribution in [3.63, 3.8) is 0 Å². The lowest BCUT2D eigenvalue weighted by atomic mass is 10.2. The molecule has 0 radical (unpaired) electrons. The van der Waals surface area contributed by atoms with E-state index in [9.17, 15) is 14.4 Å². The van der Waals surface area contributed by atoms with Crippen LogP contribution in [0.15, 0.2) is 22.8 Å². The molecule has 1 N–H and O–H groups in total. The van der Waals surface area contributed by atoms with Crippen LogP contribution in [0.3, 0.4) is 0 Å². The minimum absolute atomic E-state index is 0.0106. The van der Waals surface area contributed by atoms with Crippen LogP contribution in [0.25, 0.3) is 0 Å². The van der Waals surface area contributed by atoms with Crippen molar-refractivity contribution in [1.82, 2.24) is 20.0 Å². The van der Waals surface area contributed by atoms with Gasteiger partial charge in [0.05, 0.1) is 12.8 Å². The molecule has 0 unspecified atom stereocenters. The zero-order valence-electron chi connectivity index (χ0n) is 15.0. The molecular formula is C18H26N4O4. The number of carbonyl (C=O) groups is 3. The molecule has 0 atom stereocenters. The summed E-state index contributed by atoms with van der Waals surface area (Å²) in [6, 6.07) is 3.37. The van der Waals surface area contributed by atoms with Gasteiger partial charge in [-0.3, -0.25) is 19.3 Å². The van der Waals surface area contributed by atoms with E-state index in [0.717, 1.165) is 19.4 Å². The van der Waals surface area contributed by atoms with Crippen LogP contribution in [0.2, 0.25) is 0 Å². The largest absolute Gasteiger partial charge is 0.459 e. The highest BCUT2D eigenvalue weighted by Gasteiger charge is 2.24. The molecule has 0 saturated carbocycles.